The molecule has 0 radical (unpaired) electrons. The highest BCUT2D eigenvalue weighted by Gasteiger charge is 2.20. The largest absolute Gasteiger partial charge is 0.496 e. The van der Waals surface area contributed by atoms with Gasteiger partial charge < -0.3 is 20.1 Å². The molecule has 164 valence electrons. The van der Waals surface area contributed by atoms with Crippen molar-refractivity contribution in [1.82, 2.24) is 5.32 Å². The number of carbonyl (C=O) groups excluding carboxylic acids is 3. The van der Waals surface area contributed by atoms with Crippen molar-refractivity contribution >= 4 is 23.5 Å². The molecule has 32 heavy (non-hydrogen) atoms. The Hall–Kier alpha value is -4.13. The topological polar surface area (TPSA) is 93.7 Å². The van der Waals surface area contributed by atoms with Crippen molar-refractivity contribution in [3.8, 4) is 16.9 Å². The Morgan fingerprint density at radius 2 is 1.53 bits per heavy atom. The standard InChI is InChI=1S/C25H24N2O5/c1-17(32-23(28)16-26-25(30)20-13-7-9-15-22(20)31-2)24(29)27-21-14-8-6-12-19(21)18-10-4-3-5-11-18/h3-15,17H,16H2,1-2H3,(H,26,30)(H,27,29). The van der Waals surface area contributed by atoms with Gasteiger partial charge in [0.05, 0.1) is 12.7 Å². The maximum absolute atomic E-state index is 12.6. The summed E-state index contributed by atoms with van der Waals surface area (Å²) in [6.45, 7) is 1.09. The summed E-state index contributed by atoms with van der Waals surface area (Å²) in [6.07, 6.45) is -1.05. The highest BCUT2D eigenvalue weighted by molar-refractivity contribution is 6.00. The molecule has 0 bridgehead atoms. The Morgan fingerprint density at radius 3 is 2.28 bits per heavy atom. The van der Waals surface area contributed by atoms with E-state index in [0.717, 1.165) is 11.1 Å². The zero-order valence-electron chi connectivity index (χ0n) is 17.8. The third-order valence-electron chi connectivity index (χ3n) is 4.69. The minimum Gasteiger partial charge on any atom is -0.496 e. The van der Waals surface area contributed by atoms with E-state index >= 15 is 0 Å². The number of methoxy groups -OCH3 is 1. The van der Waals surface area contributed by atoms with Gasteiger partial charge in [-0.1, -0.05) is 60.7 Å². The maximum atomic E-state index is 12.6. The lowest BCUT2D eigenvalue weighted by Gasteiger charge is -2.16. The quantitative estimate of drug-likeness (QED) is 0.530. The molecule has 1 atom stereocenters. The minimum atomic E-state index is -1.05. The fraction of sp³-hybridized carbons (Fsp3) is 0.160. The number of rotatable bonds is 8. The summed E-state index contributed by atoms with van der Waals surface area (Å²) in [4.78, 5) is 37.0. The molecule has 0 aliphatic rings. The van der Waals surface area contributed by atoms with Crippen LogP contribution in [0, 0.1) is 0 Å². The van der Waals surface area contributed by atoms with Gasteiger partial charge in [-0.05, 0) is 30.7 Å². The van der Waals surface area contributed by atoms with Crippen LogP contribution in [-0.4, -0.2) is 37.5 Å². The van der Waals surface area contributed by atoms with Crippen LogP contribution in [0.5, 0.6) is 5.75 Å². The molecule has 0 aliphatic heterocycles. The van der Waals surface area contributed by atoms with Crippen molar-refractivity contribution in [2.75, 3.05) is 19.0 Å². The lowest BCUT2D eigenvalue weighted by molar-refractivity contribution is -0.152. The minimum absolute atomic E-state index is 0.297. The van der Waals surface area contributed by atoms with Crippen molar-refractivity contribution in [2.24, 2.45) is 0 Å². The van der Waals surface area contributed by atoms with Crippen molar-refractivity contribution in [2.45, 2.75) is 13.0 Å². The molecule has 2 amide bonds. The molecule has 0 fully saturated rings. The lowest BCUT2D eigenvalue weighted by Crippen LogP contribution is -2.36. The van der Waals surface area contributed by atoms with Gasteiger partial charge in [0.25, 0.3) is 11.8 Å². The first-order valence-electron chi connectivity index (χ1n) is 10.1. The van der Waals surface area contributed by atoms with E-state index in [2.05, 4.69) is 10.6 Å². The number of ether oxygens (including phenoxy) is 2. The zero-order chi connectivity index (χ0) is 22.9. The normalized spacial score (nSPS) is 11.2. The summed E-state index contributed by atoms with van der Waals surface area (Å²) in [5.41, 5.74) is 2.71. The molecule has 0 saturated carbocycles. The Morgan fingerprint density at radius 1 is 0.875 bits per heavy atom. The Labute approximate surface area is 186 Å². The van der Waals surface area contributed by atoms with Crippen LogP contribution in [0.3, 0.4) is 0 Å². The van der Waals surface area contributed by atoms with Gasteiger partial charge in [0, 0.05) is 11.3 Å². The predicted octanol–water partition coefficient (Wildman–Crippen LogP) is 3.66. The number of benzene rings is 3. The van der Waals surface area contributed by atoms with Crippen LogP contribution >= 0.6 is 0 Å². The van der Waals surface area contributed by atoms with Gasteiger partial charge in [-0.25, -0.2) is 0 Å². The summed E-state index contributed by atoms with van der Waals surface area (Å²) in [5, 5.41) is 5.27. The Kier molecular flexibility index (Phi) is 7.59. The van der Waals surface area contributed by atoms with Crippen molar-refractivity contribution in [3.05, 3.63) is 84.4 Å². The fourth-order valence-corrected chi connectivity index (χ4v) is 3.07. The van der Waals surface area contributed by atoms with Gasteiger partial charge in [0.15, 0.2) is 6.10 Å². The zero-order valence-corrected chi connectivity index (χ0v) is 17.8. The number of anilines is 1. The molecule has 2 N–H and O–H groups in total. The second kappa shape index (κ2) is 10.8. The molecule has 0 heterocycles. The van der Waals surface area contributed by atoms with E-state index in [0.29, 0.717) is 17.0 Å². The monoisotopic (exact) mass is 432 g/mol. The summed E-state index contributed by atoms with van der Waals surface area (Å²) < 4.78 is 10.3. The highest BCUT2D eigenvalue weighted by atomic mass is 16.5. The van der Waals surface area contributed by atoms with Crippen LogP contribution in [-0.2, 0) is 14.3 Å². The van der Waals surface area contributed by atoms with E-state index in [4.69, 9.17) is 9.47 Å². The third kappa shape index (κ3) is 5.72. The Bertz CT molecular complexity index is 1100. The van der Waals surface area contributed by atoms with E-state index in [1.165, 1.54) is 14.0 Å². The molecule has 3 aromatic carbocycles. The number of hydrogen-bond donors (Lipinski definition) is 2. The maximum Gasteiger partial charge on any atom is 0.326 e. The van der Waals surface area contributed by atoms with Gasteiger partial charge in [-0.2, -0.15) is 0 Å². The van der Waals surface area contributed by atoms with Crippen molar-refractivity contribution in [3.63, 3.8) is 0 Å². The summed E-state index contributed by atoms with van der Waals surface area (Å²) in [7, 11) is 1.45. The van der Waals surface area contributed by atoms with Gasteiger partial charge in [-0.3, -0.25) is 14.4 Å². The summed E-state index contributed by atoms with van der Waals surface area (Å²) in [6, 6.07) is 23.7. The molecule has 0 spiro atoms. The fourth-order valence-electron chi connectivity index (χ4n) is 3.07. The van der Waals surface area contributed by atoms with Crippen molar-refractivity contribution < 1.29 is 23.9 Å². The average Bonchev–Trinajstić information content (AvgIpc) is 2.83. The SMILES string of the molecule is COc1ccccc1C(=O)NCC(=O)OC(C)C(=O)Nc1ccccc1-c1ccccc1. The molecule has 7 nitrogen and oxygen atoms in total. The van der Waals surface area contributed by atoms with Gasteiger partial charge in [0.2, 0.25) is 0 Å². The van der Waals surface area contributed by atoms with E-state index in [1.54, 1.807) is 30.3 Å². The van der Waals surface area contributed by atoms with Crippen LogP contribution in [0.2, 0.25) is 0 Å². The van der Waals surface area contributed by atoms with E-state index < -0.39 is 23.9 Å². The van der Waals surface area contributed by atoms with Crippen LogP contribution in [0.25, 0.3) is 11.1 Å². The molecule has 3 aromatic rings. The molecule has 1 unspecified atom stereocenters. The first-order chi connectivity index (χ1) is 15.5. The van der Waals surface area contributed by atoms with E-state index in [9.17, 15) is 14.4 Å². The number of carbonyl (C=O) groups is 3. The Balaban J connectivity index is 1.56. The van der Waals surface area contributed by atoms with Crippen LogP contribution in [0.1, 0.15) is 17.3 Å². The molecule has 7 heteroatoms. The van der Waals surface area contributed by atoms with Crippen LogP contribution < -0.4 is 15.4 Å². The van der Waals surface area contributed by atoms with E-state index in [-0.39, 0.29) is 6.54 Å². The smallest absolute Gasteiger partial charge is 0.326 e. The lowest BCUT2D eigenvalue weighted by atomic mass is 10.0. The number of amides is 2. The molecule has 3 rings (SSSR count). The first kappa shape index (κ1) is 22.6. The summed E-state index contributed by atoms with van der Waals surface area (Å²) in [5.74, 6) is -1.29. The second-order valence-electron chi connectivity index (χ2n) is 6.92. The average molecular weight is 432 g/mol. The predicted molar refractivity (Wildman–Crippen MR) is 121 cm³/mol. The molecule has 0 saturated heterocycles. The van der Waals surface area contributed by atoms with E-state index in [1.807, 2.05) is 48.5 Å². The van der Waals surface area contributed by atoms with Crippen LogP contribution in [0.4, 0.5) is 5.69 Å². The molecule has 0 aliphatic carbocycles. The van der Waals surface area contributed by atoms with Crippen LogP contribution in [0.15, 0.2) is 78.9 Å². The number of nitrogens with one attached hydrogen (secondary N) is 2. The summed E-state index contributed by atoms with van der Waals surface area (Å²) >= 11 is 0. The number of hydrogen-bond acceptors (Lipinski definition) is 5. The second-order valence-corrected chi connectivity index (χ2v) is 6.92. The van der Waals surface area contributed by atoms with Gasteiger partial charge in [0.1, 0.15) is 12.3 Å². The number of esters is 1. The molecule has 0 aromatic heterocycles. The van der Waals surface area contributed by atoms with Gasteiger partial charge >= 0.3 is 5.97 Å². The molecular formula is C25H24N2O5. The highest BCUT2D eigenvalue weighted by Crippen LogP contribution is 2.27. The third-order valence-corrected chi connectivity index (χ3v) is 4.69. The van der Waals surface area contributed by atoms with Crippen molar-refractivity contribution in [1.29, 1.82) is 0 Å². The first-order valence-corrected chi connectivity index (χ1v) is 10.1. The number of para-hydroxylation sites is 2. The van der Waals surface area contributed by atoms with Gasteiger partial charge in [-0.15, -0.1) is 0 Å². The molecular weight excluding hydrogens is 408 g/mol.